The van der Waals surface area contributed by atoms with Crippen LogP contribution in [0.15, 0.2) is 30.6 Å². The first-order valence-corrected chi connectivity index (χ1v) is 8.60. The normalized spacial score (nSPS) is 20.5. The number of hydrogen-bond donors (Lipinski definition) is 1. The zero-order valence-electron chi connectivity index (χ0n) is 13.6. The standard InChI is InChI=1S/C18H21N5O/c24-18(15-5-1-3-8-20-15)23-10-4-2-6-16(23)17-21-12-13-11-19-9-7-14(13)22-17/h1,3,5,8,12,16,19H,2,4,6-7,9-11H2. The number of nitrogens with one attached hydrogen (secondary N) is 1. The minimum atomic E-state index is -0.0477. The van der Waals surface area contributed by atoms with E-state index in [1.807, 2.05) is 23.2 Å². The van der Waals surface area contributed by atoms with Gasteiger partial charge in [-0.3, -0.25) is 9.78 Å². The summed E-state index contributed by atoms with van der Waals surface area (Å²) < 4.78 is 0. The van der Waals surface area contributed by atoms with E-state index in [0.717, 1.165) is 56.8 Å². The van der Waals surface area contributed by atoms with Gasteiger partial charge in [0.15, 0.2) is 5.82 Å². The third-order valence-corrected chi connectivity index (χ3v) is 4.77. The highest BCUT2D eigenvalue weighted by Gasteiger charge is 2.31. The number of likely N-dealkylation sites (tertiary alicyclic amines) is 1. The summed E-state index contributed by atoms with van der Waals surface area (Å²) in [6.07, 6.45) is 7.53. The van der Waals surface area contributed by atoms with Crippen LogP contribution in [-0.2, 0) is 13.0 Å². The maximum atomic E-state index is 12.9. The fourth-order valence-corrected chi connectivity index (χ4v) is 3.49. The lowest BCUT2D eigenvalue weighted by molar-refractivity contribution is 0.0593. The van der Waals surface area contributed by atoms with Crippen molar-refractivity contribution in [3.05, 3.63) is 53.4 Å². The molecule has 0 spiro atoms. The van der Waals surface area contributed by atoms with Gasteiger partial charge in [0.2, 0.25) is 0 Å². The van der Waals surface area contributed by atoms with Crippen LogP contribution < -0.4 is 5.32 Å². The van der Waals surface area contributed by atoms with Crippen LogP contribution >= 0.6 is 0 Å². The van der Waals surface area contributed by atoms with E-state index < -0.39 is 0 Å². The van der Waals surface area contributed by atoms with Crippen LogP contribution in [0.1, 0.15) is 52.9 Å². The molecule has 4 heterocycles. The van der Waals surface area contributed by atoms with Crippen molar-refractivity contribution in [2.45, 2.75) is 38.3 Å². The molecule has 0 saturated carbocycles. The van der Waals surface area contributed by atoms with Crippen molar-refractivity contribution < 1.29 is 4.79 Å². The molecule has 0 radical (unpaired) electrons. The van der Waals surface area contributed by atoms with E-state index in [0.29, 0.717) is 5.69 Å². The molecule has 0 bridgehead atoms. The minimum Gasteiger partial charge on any atom is -0.327 e. The Kier molecular flexibility index (Phi) is 4.21. The Bertz CT molecular complexity index is 733. The average Bonchev–Trinajstić information content (AvgIpc) is 2.68. The maximum Gasteiger partial charge on any atom is 0.273 e. The second-order valence-electron chi connectivity index (χ2n) is 6.35. The topological polar surface area (TPSA) is 71.0 Å². The summed E-state index contributed by atoms with van der Waals surface area (Å²) in [4.78, 5) is 28.4. The third kappa shape index (κ3) is 2.89. The van der Waals surface area contributed by atoms with E-state index in [2.05, 4.69) is 15.3 Å². The molecule has 2 aromatic heterocycles. The number of hydrogen-bond acceptors (Lipinski definition) is 5. The lowest BCUT2D eigenvalue weighted by atomic mass is 10.00. The van der Waals surface area contributed by atoms with Crippen LogP contribution in [0.4, 0.5) is 0 Å². The number of carbonyl (C=O) groups excluding carboxylic acids is 1. The average molecular weight is 323 g/mol. The Hall–Kier alpha value is -2.34. The van der Waals surface area contributed by atoms with E-state index in [4.69, 9.17) is 4.98 Å². The number of aromatic nitrogens is 3. The molecular weight excluding hydrogens is 302 g/mol. The number of amides is 1. The molecule has 0 aromatic carbocycles. The molecule has 124 valence electrons. The number of fused-ring (bicyclic) bond motifs is 1. The van der Waals surface area contributed by atoms with E-state index in [1.54, 1.807) is 12.3 Å². The quantitative estimate of drug-likeness (QED) is 0.914. The maximum absolute atomic E-state index is 12.9. The highest BCUT2D eigenvalue weighted by Crippen LogP contribution is 2.30. The Labute approximate surface area is 141 Å². The summed E-state index contributed by atoms with van der Waals surface area (Å²) in [5.41, 5.74) is 2.78. The van der Waals surface area contributed by atoms with Gasteiger partial charge in [-0.2, -0.15) is 0 Å². The van der Waals surface area contributed by atoms with Gasteiger partial charge in [0.05, 0.1) is 6.04 Å². The molecule has 4 rings (SSSR count). The minimum absolute atomic E-state index is 0.0247. The second-order valence-corrected chi connectivity index (χ2v) is 6.35. The number of pyridine rings is 1. The molecular formula is C18H21N5O. The molecule has 1 unspecified atom stereocenters. The first kappa shape index (κ1) is 15.2. The Morgan fingerprint density at radius 3 is 3.08 bits per heavy atom. The number of rotatable bonds is 2. The van der Waals surface area contributed by atoms with Crippen molar-refractivity contribution in [3.8, 4) is 0 Å². The van der Waals surface area contributed by atoms with Crippen molar-refractivity contribution in [2.24, 2.45) is 0 Å². The fraction of sp³-hybridized carbons (Fsp3) is 0.444. The summed E-state index contributed by atoms with van der Waals surface area (Å²) >= 11 is 0. The van der Waals surface area contributed by atoms with Crippen LogP contribution in [0.25, 0.3) is 0 Å². The van der Waals surface area contributed by atoms with Crippen molar-refractivity contribution in [1.29, 1.82) is 0 Å². The Balaban J connectivity index is 1.63. The Morgan fingerprint density at radius 1 is 1.25 bits per heavy atom. The van der Waals surface area contributed by atoms with Gasteiger partial charge in [-0.1, -0.05) is 6.07 Å². The number of piperidine rings is 1. The molecule has 1 N–H and O–H groups in total. The first-order valence-electron chi connectivity index (χ1n) is 8.60. The van der Waals surface area contributed by atoms with Crippen molar-refractivity contribution in [3.63, 3.8) is 0 Å². The van der Waals surface area contributed by atoms with Gasteiger partial charge in [-0.05, 0) is 31.4 Å². The predicted molar refractivity (Wildman–Crippen MR) is 89.3 cm³/mol. The van der Waals surface area contributed by atoms with E-state index in [-0.39, 0.29) is 11.9 Å². The molecule has 2 aliphatic heterocycles. The molecule has 6 nitrogen and oxygen atoms in total. The lowest BCUT2D eigenvalue weighted by Crippen LogP contribution is -2.40. The van der Waals surface area contributed by atoms with Crippen LogP contribution in [0.5, 0.6) is 0 Å². The van der Waals surface area contributed by atoms with Crippen LogP contribution in [0.3, 0.4) is 0 Å². The molecule has 2 aliphatic rings. The zero-order valence-corrected chi connectivity index (χ0v) is 13.6. The zero-order chi connectivity index (χ0) is 16.4. The monoisotopic (exact) mass is 323 g/mol. The molecule has 6 heteroatoms. The molecule has 1 atom stereocenters. The molecule has 24 heavy (non-hydrogen) atoms. The van der Waals surface area contributed by atoms with Crippen LogP contribution in [0, 0.1) is 0 Å². The van der Waals surface area contributed by atoms with Gasteiger partial charge in [-0.15, -0.1) is 0 Å². The van der Waals surface area contributed by atoms with Crippen LogP contribution in [0.2, 0.25) is 0 Å². The first-order chi connectivity index (χ1) is 11.8. The number of carbonyl (C=O) groups is 1. The van der Waals surface area contributed by atoms with Gasteiger partial charge >= 0.3 is 0 Å². The summed E-state index contributed by atoms with van der Waals surface area (Å²) in [7, 11) is 0. The van der Waals surface area contributed by atoms with E-state index in [9.17, 15) is 4.79 Å². The molecule has 1 saturated heterocycles. The highest BCUT2D eigenvalue weighted by molar-refractivity contribution is 5.92. The molecule has 1 amide bonds. The van der Waals surface area contributed by atoms with Crippen molar-refractivity contribution in [1.82, 2.24) is 25.2 Å². The number of nitrogens with zero attached hydrogens (tertiary/aromatic N) is 4. The highest BCUT2D eigenvalue weighted by atomic mass is 16.2. The Morgan fingerprint density at radius 2 is 2.21 bits per heavy atom. The SMILES string of the molecule is O=C(c1ccccn1)N1CCCCC1c1ncc2c(n1)CCNC2. The van der Waals surface area contributed by atoms with Gasteiger partial charge in [0.25, 0.3) is 5.91 Å². The summed E-state index contributed by atoms with van der Waals surface area (Å²) in [5, 5.41) is 3.34. The van der Waals surface area contributed by atoms with Crippen molar-refractivity contribution in [2.75, 3.05) is 13.1 Å². The summed E-state index contributed by atoms with van der Waals surface area (Å²) in [6, 6.07) is 5.40. The lowest BCUT2D eigenvalue weighted by Gasteiger charge is -2.35. The third-order valence-electron chi connectivity index (χ3n) is 4.77. The molecule has 1 fully saturated rings. The summed E-state index contributed by atoms with van der Waals surface area (Å²) in [5.74, 6) is 0.753. The van der Waals surface area contributed by atoms with Gasteiger partial charge in [0.1, 0.15) is 5.69 Å². The fourth-order valence-electron chi connectivity index (χ4n) is 3.49. The second kappa shape index (κ2) is 6.65. The molecule has 0 aliphatic carbocycles. The van der Waals surface area contributed by atoms with Gasteiger partial charge in [-0.25, -0.2) is 9.97 Å². The predicted octanol–water partition coefficient (Wildman–Crippen LogP) is 1.88. The van der Waals surface area contributed by atoms with E-state index >= 15 is 0 Å². The van der Waals surface area contributed by atoms with Gasteiger partial charge < -0.3 is 10.2 Å². The largest absolute Gasteiger partial charge is 0.327 e. The van der Waals surface area contributed by atoms with Crippen LogP contribution in [-0.4, -0.2) is 38.8 Å². The summed E-state index contributed by atoms with van der Waals surface area (Å²) in [6.45, 7) is 2.52. The smallest absolute Gasteiger partial charge is 0.273 e. The van der Waals surface area contributed by atoms with E-state index in [1.165, 1.54) is 5.56 Å². The van der Waals surface area contributed by atoms with Gasteiger partial charge in [0, 0.05) is 49.7 Å². The van der Waals surface area contributed by atoms with Crippen molar-refractivity contribution >= 4 is 5.91 Å². The molecule has 2 aromatic rings.